The number of fused-ring (bicyclic) bond motifs is 1. The van der Waals surface area contributed by atoms with Gasteiger partial charge in [0.05, 0.1) is 15.6 Å². The molecular weight excluding hydrogens is 430 g/mol. The number of aliphatic imine (C=N–C) groups is 1. The van der Waals surface area contributed by atoms with Crippen LogP contribution in [0.25, 0.3) is 0 Å². The van der Waals surface area contributed by atoms with Crippen LogP contribution in [0.1, 0.15) is 32.3 Å². The quantitative estimate of drug-likeness (QED) is 0.417. The van der Waals surface area contributed by atoms with Gasteiger partial charge in [0, 0.05) is 18.8 Å². The fourth-order valence-electron chi connectivity index (χ4n) is 3.19. The third-order valence-corrected chi connectivity index (χ3v) is 8.08. The number of thioether (sulfide) groups is 1. The third kappa shape index (κ3) is 6.10. The van der Waals surface area contributed by atoms with Gasteiger partial charge in [-0.25, -0.2) is 13.4 Å². The standard InChI is InChI=1S/C23H27N3O3S2/c1-3-11-24-12-4-15-31(28,29)20-7-5-18(6-8-20)17-26-22(27)21-16-19-9-13-25-14-10-23(19,2)30-21/h5-9,13,16,24H,3-4,11-12,15,17H2,1-2H3,(H,26,27). The lowest BCUT2D eigenvalue weighted by Gasteiger charge is -2.17. The van der Waals surface area contributed by atoms with E-state index >= 15 is 0 Å². The van der Waals surface area contributed by atoms with Gasteiger partial charge in [0.15, 0.2) is 9.84 Å². The average Bonchev–Trinajstić information content (AvgIpc) is 2.98. The van der Waals surface area contributed by atoms with Crippen molar-refractivity contribution in [3.8, 4) is 12.0 Å². The highest BCUT2D eigenvalue weighted by molar-refractivity contribution is 8.06. The molecule has 6 nitrogen and oxygen atoms in total. The van der Waals surface area contributed by atoms with Crippen LogP contribution in [0.5, 0.6) is 0 Å². The minimum Gasteiger partial charge on any atom is -0.348 e. The van der Waals surface area contributed by atoms with Gasteiger partial charge in [-0.05, 0) is 68.3 Å². The van der Waals surface area contributed by atoms with E-state index in [0.717, 1.165) is 24.1 Å². The molecule has 2 aliphatic rings. The lowest BCUT2D eigenvalue weighted by atomic mass is 10.0. The molecule has 0 saturated heterocycles. The fourth-order valence-corrected chi connectivity index (χ4v) is 5.63. The van der Waals surface area contributed by atoms with Crippen molar-refractivity contribution in [2.75, 3.05) is 18.8 Å². The first-order valence-corrected chi connectivity index (χ1v) is 12.8. The predicted octanol–water partition coefficient (Wildman–Crippen LogP) is 2.83. The van der Waals surface area contributed by atoms with Crippen LogP contribution in [0.15, 0.2) is 56.8 Å². The summed E-state index contributed by atoms with van der Waals surface area (Å²) in [6.45, 7) is 5.96. The van der Waals surface area contributed by atoms with Crippen LogP contribution < -0.4 is 10.6 Å². The molecule has 3 rings (SSSR count). The Balaban J connectivity index is 1.53. The highest BCUT2D eigenvalue weighted by Gasteiger charge is 2.36. The van der Waals surface area contributed by atoms with Crippen molar-refractivity contribution in [2.24, 2.45) is 4.99 Å². The summed E-state index contributed by atoms with van der Waals surface area (Å²) in [4.78, 5) is 17.5. The van der Waals surface area contributed by atoms with E-state index in [1.807, 2.05) is 19.1 Å². The molecule has 0 saturated carbocycles. The molecular formula is C23H27N3O3S2. The molecule has 1 atom stereocenters. The van der Waals surface area contributed by atoms with Gasteiger partial charge in [0.2, 0.25) is 0 Å². The highest BCUT2D eigenvalue weighted by atomic mass is 32.2. The van der Waals surface area contributed by atoms with Crippen molar-refractivity contribution in [2.45, 2.75) is 42.9 Å². The van der Waals surface area contributed by atoms with E-state index in [4.69, 9.17) is 0 Å². The lowest BCUT2D eigenvalue weighted by Crippen LogP contribution is -2.24. The SMILES string of the molecule is CCCNCCCS(=O)(=O)c1ccc(CNC(=O)C2=CC3=CC=NC#CC3(C)S2)cc1. The van der Waals surface area contributed by atoms with Crippen LogP contribution in [0, 0.1) is 12.0 Å². The molecule has 0 aliphatic carbocycles. The molecule has 0 bridgehead atoms. The largest absolute Gasteiger partial charge is 0.348 e. The highest BCUT2D eigenvalue weighted by Crippen LogP contribution is 2.45. The van der Waals surface area contributed by atoms with E-state index in [-0.39, 0.29) is 11.7 Å². The molecule has 1 amide bonds. The minimum atomic E-state index is -3.30. The smallest absolute Gasteiger partial charge is 0.258 e. The molecule has 31 heavy (non-hydrogen) atoms. The number of allylic oxidation sites excluding steroid dienone is 2. The van der Waals surface area contributed by atoms with Crippen molar-refractivity contribution < 1.29 is 13.2 Å². The molecule has 0 radical (unpaired) electrons. The molecule has 0 aromatic heterocycles. The number of nitrogens with zero attached hydrogens (tertiary/aromatic N) is 1. The number of benzene rings is 1. The maximum atomic E-state index is 12.6. The van der Waals surface area contributed by atoms with Crippen LogP contribution in [0.2, 0.25) is 0 Å². The summed E-state index contributed by atoms with van der Waals surface area (Å²) >= 11 is 1.41. The van der Waals surface area contributed by atoms with E-state index in [9.17, 15) is 13.2 Å². The topological polar surface area (TPSA) is 87.6 Å². The number of carbonyl (C=O) groups is 1. The number of amides is 1. The Bertz CT molecular complexity index is 1080. The van der Waals surface area contributed by atoms with Gasteiger partial charge in [0.1, 0.15) is 4.75 Å². The average molecular weight is 458 g/mol. The lowest BCUT2D eigenvalue weighted by molar-refractivity contribution is -0.116. The molecule has 2 N–H and O–H groups in total. The molecule has 1 aromatic rings. The first-order valence-electron chi connectivity index (χ1n) is 10.3. The number of carbonyl (C=O) groups excluding carboxylic acids is 1. The van der Waals surface area contributed by atoms with Gasteiger partial charge in [0.25, 0.3) is 5.91 Å². The van der Waals surface area contributed by atoms with Gasteiger partial charge in [-0.15, -0.1) is 0 Å². The molecule has 1 aromatic carbocycles. The second-order valence-corrected chi connectivity index (χ2v) is 11.1. The number of hydrogen-bond acceptors (Lipinski definition) is 6. The van der Waals surface area contributed by atoms with Crippen LogP contribution in [0.3, 0.4) is 0 Å². The summed E-state index contributed by atoms with van der Waals surface area (Å²) in [5, 5.41) is 6.11. The summed E-state index contributed by atoms with van der Waals surface area (Å²) in [5.74, 6) is 3.02. The minimum absolute atomic E-state index is 0.118. The second-order valence-electron chi connectivity index (χ2n) is 7.53. The van der Waals surface area contributed by atoms with Crippen LogP contribution in [-0.2, 0) is 21.2 Å². The summed E-state index contributed by atoms with van der Waals surface area (Å²) < 4.78 is 24.5. The van der Waals surface area contributed by atoms with Gasteiger partial charge in [-0.1, -0.05) is 36.7 Å². The molecule has 8 heteroatoms. The Morgan fingerprint density at radius 3 is 2.74 bits per heavy atom. The van der Waals surface area contributed by atoms with Crippen LogP contribution >= 0.6 is 11.8 Å². The normalized spacial score (nSPS) is 19.5. The Morgan fingerprint density at radius 1 is 1.23 bits per heavy atom. The molecule has 0 fully saturated rings. The maximum absolute atomic E-state index is 12.6. The van der Waals surface area contributed by atoms with Crippen molar-refractivity contribution in [3.63, 3.8) is 0 Å². The molecule has 164 valence electrons. The van der Waals surface area contributed by atoms with E-state index in [1.54, 1.807) is 30.5 Å². The number of nitrogens with one attached hydrogen (secondary N) is 2. The molecule has 2 aliphatic heterocycles. The van der Waals surface area contributed by atoms with Crippen molar-refractivity contribution in [1.82, 2.24) is 10.6 Å². The summed E-state index contributed by atoms with van der Waals surface area (Å²) in [6, 6.07) is 9.45. The van der Waals surface area contributed by atoms with E-state index in [1.165, 1.54) is 11.8 Å². The van der Waals surface area contributed by atoms with Gasteiger partial charge in [-0.2, -0.15) is 0 Å². The van der Waals surface area contributed by atoms with E-state index < -0.39 is 14.6 Å². The summed E-state index contributed by atoms with van der Waals surface area (Å²) in [7, 11) is -3.30. The van der Waals surface area contributed by atoms with Crippen molar-refractivity contribution >= 4 is 33.7 Å². The van der Waals surface area contributed by atoms with Gasteiger partial charge in [-0.3, -0.25) is 4.79 Å². The first kappa shape index (κ1) is 23.3. The summed E-state index contributed by atoms with van der Waals surface area (Å²) in [5.41, 5.74) is 1.79. The van der Waals surface area contributed by atoms with Crippen molar-refractivity contribution in [3.05, 3.63) is 52.5 Å². The Hall–Kier alpha value is -2.34. The molecule has 1 unspecified atom stereocenters. The first-order chi connectivity index (χ1) is 14.8. The zero-order chi connectivity index (χ0) is 22.3. The Kier molecular flexibility index (Phi) is 7.76. The predicted molar refractivity (Wildman–Crippen MR) is 127 cm³/mol. The van der Waals surface area contributed by atoms with Crippen LogP contribution in [0.4, 0.5) is 0 Å². The zero-order valence-electron chi connectivity index (χ0n) is 17.8. The van der Waals surface area contributed by atoms with Crippen LogP contribution in [-0.4, -0.2) is 44.1 Å². The Labute approximate surface area is 188 Å². The van der Waals surface area contributed by atoms with E-state index in [2.05, 4.69) is 34.5 Å². The zero-order valence-corrected chi connectivity index (χ0v) is 19.4. The summed E-state index contributed by atoms with van der Waals surface area (Å²) in [6.07, 6.45) is 6.96. The van der Waals surface area contributed by atoms with Crippen molar-refractivity contribution in [1.29, 1.82) is 0 Å². The monoisotopic (exact) mass is 457 g/mol. The molecule has 0 spiro atoms. The Morgan fingerprint density at radius 2 is 2.00 bits per heavy atom. The number of sulfone groups is 1. The van der Waals surface area contributed by atoms with Gasteiger partial charge < -0.3 is 10.6 Å². The second kappa shape index (κ2) is 10.3. The van der Waals surface area contributed by atoms with Gasteiger partial charge >= 0.3 is 0 Å². The number of rotatable bonds is 10. The third-order valence-electron chi connectivity index (χ3n) is 4.99. The fraction of sp³-hybridized carbons (Fsp3) is 0.391. The molecule has 2 heterocycles. The maximum Gasteiger partial charge on any atom is 0.258 e. The number of hydrogen-bond donors (Lipinski definition) is 2. The van der Waals surface area contributed by atoms with E-state index in [0.29, 0.717) is 29.3 Å².